The van der Waals surface area contributed by atoms with Crippen molar-refractivity contribution in [2.75, 3.05) is 7.11 Å². The number of carboxylic acids is 1. The Hall–Kier alpha value is -2.30. The number of carbonyl (C=O) groups is 2. The number of amides is 1. The van der Waals surface area contributed by atoms with Crippen LogP contribution in [0, 0.1) is 0 Å². The second-order valence-corrected chi connectivity index (χ2v) is 3.71. The summed E-state index contributed by atoms with van der Waals surface area (Å²) in [5.74, 6) is -0.804. The van der Waals surface area contributed by atoms with Gasteiger partial charge in [0.25, 0.3) is 0 Å². The van der Waals surface area contributed by atoms with Crippen molar-refractivity contribution in [2.24, 2.45) is 5.73 Å². The molecule has 0 heterocycles. The minimum atomic E-state index is -0.924. The number of benzene rings is 1. The number of carboxylic acid groups (broad SMARTS) is 1. The molecule has 0 atom stereocenters. The van der Waals surface area contributed by atoms with Crippen LogP contribution in [0.5, 0.6) is 5.75 Å². The van der Waals surface area contributed by atoms with E-state index in [9.17, 15) is 9.59 Å². The maximum absolute atomic E-state index is 10.7. The summed E-state index contributed by atoms with van der Waals surface area (Å²) in [7, 11) is 1.49. The molecule has 0 saturated carbocycles. The lowest BCUT2D eigenvalue weighted by molar-refractivity contribution is -0.136. The SMILES string of the molecule is COc1ccc(C=CCC(N)=O)cc1CC(=O)O. The highest BCUT2D eigenvalue weighted by Crippen LogP contribution is 2.21. The molecule has 3 N–H and O–H groups in total. The van der Waals surface area contributed by atoms with Crippen LogP contribution in [0.4, 0.5) is 0 Å². The van der Waals surface area contributed by atoms with Crippen LogP contribution < -0.4 is 10.5 Å². The molecule has 96 valence electrons. The van der Waals surface area contributed by atoms with Gasteiger partial charge in [0.2, 0.25) is 5.91 Å². The Morgan fingerprint density at radius 3 is 2.72 bits per heavy atom. The van der Waals surface area contributed by atoms with Crippen molar-refractivity contribution in [3.05, 3.63) is 35.4 Å². The molecule has 0 aliphatic heterocycles. The van der Waals surface area contributed by atoms with Gasteiger partial charge in [0.1, 0.15) is 5.75 Å². The van der Waals surface area contributed by atoms with E-state index in [4.69, 9.17) is 15.6 Å². The highest BCUT2D eigenvalue weighted by atomic mass is 16.5. The van der Waals surface area contributed by atoms with Gasteiger partial charge in [-0.1, -0.05) is 18.2 Å². The van der Waals surface area contributed by atoms with Crippen molar-refractivity contribution in [3.63, 3.8) is 0 Å². The van der Waals surface area contributed by atoms with Gasteiger partial charge >= 0.3 is 5.97 Å². The number of methoxy groups -OCH3 is 1. The summed E-state index contributed by atoms with van der Waals surface area (Å²) in [6.07, 6.45) is 3.39. The van der Waals surface area contributed by atoms with E-state index in [0.717, 1.165) is 5.56 Å². The van der Waals surface area contributed by atoms with Gasteiger partial charge in [-0.25, -0.2) is 0 Å². The first-order valence-electron chi connectivity index (χ1n) is 5.36. The smallest absolute Gasteiger partial charge is 0.307 e. The van der Waals surface area contributed by atoms with Gasteiger partial charge in [0, 0.05) is 12.0 Å². The number of rotatable bonds is 6. The van der Waals surface area contributed by atoms with E-state index >= 15 is 0 Å². The predicted molar refractivity (Wildman–Crippen MR) is 67.2 cm³/mol. The number of ether oxygens (including phenoxy) is 1. The Balaban J connectivity index is 2.91. The maximum Gasteiger partial charge on any atom is 0.307 e. The van der Waals surface area contributed by atoms with Gasteiger partial charge in [-0.3, -0.25) is 9.59 Å². The molecular formula is C13H15NO4. The van der Waals surface area contributed by atoms with E-state index in [0.29, 0.717) is 11.3 Å². The zero-order valence-electron chi connectivity index (χ0n) is 10.1. The molecule has 1 amide bonds. The van der Waals surface area contributed by atoms with Crippen molar-refractivity contribution in [3.8, 4) is 5.75 Å². The zero-order valence-corrected chi connectivity index (χ0v) is 10.1. The summed E-state index contributed by atoms with van der Waals surface area (Å²) in [5, 5.41) is 8.79. The van der Waals surface area contributed by atoms with Crippen molar-refractivity contribution in [1.29, 1.82) is 0 Å². The Bertz CT molecular complexity index is 480. The second-order valence-electron chi connectivity index (χ2n) is 3.71. The van der Waals surface area contributed by atoms with Gasteiger partial charge < -0.3 is 15.6 Å². The topological polar surface area (TPSA) is 89.6 Å². The monoisotopic (exact) mass is 249 g/mol. The van der Waals surface area contributed by atoms with Crippen LogP contribution in [0.15, 0.2) is 24.3 Å². The van der Waals surface area contributed by atoms with E-state index < -0.39 is 11.9 Å². The molecule has 1 aromatic carbocycles. The first kappa shape index (κ1) is 13.8. The number of primary amides is 1. The first-order chi connectivity index (χ1) is 8.52. The number of aliphatic carboxylic acids is 1. The zero-order chi connectivity index (χ0) is 13.5. The predicted octanol–water partition coefficient (Wildman–Crippen LogP) is 1.21. The Morgan fingerprint density at radius 1 is 1.44 bits per heavy atom. The second kappa shape index (κ2) is 6.44. The molecule has 18 heavy (non-hydrogen) atoms. The van der Waals surface area contributed by atoms with Crippen LogP contribution in [-0.4, -0.2) is 24.1 Å². The third-order valence-electron chi connectivity index (χ3n) is 2.28. The molecule has 0 radical (unpaired) electrons. The molecule has 0 spiro atoms. The van der Waals surface area contributed by atoms with Gasteiger partial charge in [-0.15, -0.1) is 0 Å². The fourth-order valence-corrected chi connectivity index (χ4v) is 1.51. The summed E-state index contributed by atoms with van der Waals surface area (Å²) in [6.45, 7) is 0. The summed E-state index contributed by atoms with van der Waals surface area (Å²) >= 11 is 0. The van der Waals surface area contributed by atoms with Crippen LogP contribution in [0.1, 0.15) is 17.5 Å². The van der Waals surface area contributed by atoms with E-state index in [-0.39, 0.29) is 12.8 Å². The van der Waals surface area contributed by atoms with E-state index in [1.54, 1.807) is 30.4 Å². The van der Waals surface area contributed by atoms with E-state index in [2.05, 4.69) is 0 Å². The van der Waals surface area contributed by atoms with Crippen LogP contribution in [0.3, 0.4) is 0 Å². The molecule has 0 fully saturated rings. The lowest BCUT2D eigenvalue weighted by Crippen LogP contribution is -2.07. The molecule has 0 unspecified atom stereocenters. The minimum Gasteiger partial charge on any atom is -0.496 e. The van der Waals surface area contributed by atoms with Crippen LogP contribution in [-0.2, 0) is 16.0 Å². The molecule has 0 saturated heterocycles. The molecular weight excluding hydrogens is 234 g/mol. The summed E-state index contributed by atoms with van der Waals surface area (Å²) < 4.78 is 5.08. The molecule has 5 nitrogen and oxygen atoms in total. The quantitative estimate of drug-likeness (QED) is 0.793. The lowest BCUT2D eigenvalue weighted by Gasteiger charge is -2.07. The number of nitrogens with two attached hydrogens (primary N) is 1. The Kier molecular flexibility index (Phi) is 4.92. The number of carbonyl (C=O) groups excluding carboxylic acids is 1. The number of hydrogen-bond donors (Lipinski definition) is 2. The largest absolute Gasteiger partial charge is 0.496 e. The lowest BCUT2D eigenvalue weighted by atomic mass is 10.1. The molecule has 0 aliphatic rings. The Morgan fingerprint density at radius 2 is 2.17 bits per heavy atom. The van der Waals surface area contributed by atoms with Gasteiger partial charge in [0.05, 0.1) is 13.5 Å². The fraction of sp³-hybridized carbons (Fsp3) is 0.231. The third kappa shape index (κ3) is 4.29. The molecule has 0 aliphatic carbocycles. The average molecular weight is 249 g/mol. The van der Waals surface area contributed by atoms with Crippen molar-refractivity contribution in [1.82, 2.24) is 0 Å². The molecule has 0 aromatic heterocycles. The molecule has 1 aromatic rings. The standard InChI is InChI=1S/C13H15NO4/c1-18-11-6-5-9(3-2-4-12(14)15)7-10(11)8-13(16)17/h2-3,5-7H,4,8H2,1H3,(H2,14,15)(H,16,17). The summed E-state index contributed by atoms with van der Waals surface area (Å²) in [5.41, 5.74) is 6.40. The van der Waals surface area contributed by atoms with Gasteiger partial charge in [0.15, 0.2) is 0 Å². The van der Waals surface area contributed by atoms with Crippen molar-refractivity contribution in [2.45, 2.75) is 12.8 Å². The fourth-order valence-electron chi connectivity index (χ4n) is 1.51. The minimum absolute atomic E-state index is 0.110. The summed E-state index contributed by atoms with van der Waals surface area (Å²) in [4.78, 5) is 21.3. The van der Waals surface area contributed by atoms with Crippen molar-refractivity contribution >= 4 is 18.0 Å². The average Bonchev–Trinajstić information content (AvgIpc) is 2.28. The van der Waals surface area contributed by atoms with Gasteiger partial charge in [-0.05, 0) is 17.7 Å². The summed E-state index contributed by atoms with van der Waals surface area (Å²) in [6, 6.07) is 5.19. The maximum atomic E-state index is 10.7. The normalized spacial score (nSPS) is 10.5. The third-order valence-corrected chi connectivity index (χ3v) is 2.28. The Labute approximate surface area is 105 Å². The van der Waals surface area contributed by atoms with Crippen LogP contribution >= 0.6 is 0 Å². The first-order valence-corrected chi connectivity index (χ1v) is 5.36. The molecule has 0 bridgehead atoms. The molecule has 1 rings (SSSR count). The highest BCUT2D eigenvalue weighted by molar-refractivity contribution is 5.76. The van der Waals surface area contributed by atoms with Crippen LogP contribution in [0.25, 0.3) is 6.08 Å². The number of hydrogen-bond acceptors (Lipinski definition) is 3. The van der Waals surface area contributed by atoms with E-state index in [1.165, 1.54) is 7.11 Å². The van der Waals surface area contributed by atoms with Crippen LogP contribution in [0.2, 0.25) is 0 Å². The molecule has 5 heteroatoms. The van der Waals surface area contributed by atoms with Crippen molar-refractivity contribution < 1.29 is 19.4 Å². The van der Waals surface area contributed by atoms with E-state index in [1.807, 2.05) is 0 Å². The highest BCUT2D eigenvalue weighted by Gasteiger charge is 2.07. The van der Waals surface area contributed by atoms with Gasteiger partial charge in [-0.2, -0.15) is 0 Å².